The molecule has 0 aromatic rings. The molecule has 0 atom stereocenters. The van der Waals surface area contributed by atoms with Gasteiger partial charge in [0.1, 0.15) is 0 Å². The Bertz CT molecular complexity index is 254. The Labute approximate surface area is 127 Å². The number of nitrogens with two attached hydrogens (primary N) is 1. The summed E-state index contributed by atoms with van der Waals surface area (Å²) in [6.45, 7) is 9.15. The number of hydrogen-bond acceptors (Lipinski definition) is 3. The molecule has 1 heterocycles. The van der Waals surface area contributed by atoms with E-state index in [1.165, 1.54) is 0 Å². The number of aliphatic imine (C=N–C) groups is 1. The van der Waals surface area contributed by atoms with Gasteiger partial charge in [-0.05, 0) is 19.3 Å². The van der Waals surface area contributed by atoms with Crippen LogP contribution in [0.25, 0.3) is 0 Å². The topological polar surface area (TPSA) is 68.9 Å². The molecule has 3 N–H and O–H groups in total. The van der Waals surface area contributed by atoms with Gasteiger partial charge in [-0.2, -0.15) is 0 Å². The van der Waals surface area contributed by atoms with E-state index in [2.05, 4.69) is 24.2 Å². The summed E-state index contributed by atoms with van der Waals surface area (Å²) < 4.78 is 11.0. The van der Waals surface area contributed by atoms with E-state index in [1.807, 2.05) is 6.92 Å². The molecule has 1 aliphatic rings. The summed E-state index contributed by atoms with van der Waals surface area (Å²) in [6, 6.07) is 0. The van der Waals surface area contributed by atoms with Gasteiger partial charge in [0.05, 0.1) is 13.2 Å². The second-order valence-corrected chi connectivity index (χ2v) is 4.96. The lowest BCUT2D eigenvalue weighted by molar-refractivity contribution is -0.145. The highest BCUT2D eigenvalue weighted by Gasteiger charge is 2.30. The minimum atomic E-state index is -0.453. The van der Waals surface area contributed by atoms with Gasteiger partial charge in [-0.25, -0.2) is 0 Å². The summed E-state index contributed by atoms with van der Waals surface area (Å²) in [5.74, 6) is 0.712. The van der Waals surface area contributed by atoms with E-state index in [0.717, 1.165) is 19.4 Å². The van der Waals surface area contributed by atoms with Crippen LogP contribution in [-0.2, 0) is 9.47 Å². The van der Waals surface area contributed by atoms with E-state index in [1.54, 1.807) is 0 Å². The smallest absolute Gasteiger partial charge is 0.188 e. The third-order valence-corrected chi connectivity index (χ3v) is 2.77. The first-order valence-corrected chi connectivity index (χ1v) is 6.33. The van der Waals surface area contributed by atoms with E-state index >= 15 is 0 Å². The Hall–Kier alpha value is -0.0800. The zero-order valence-corrected chi connectivity index (χ0v) is 13.9. The lowest BCUT2D eigenvalue weighted by Crippen LogP contribution is -2.37. The van der Waals surface area contributed by atoms with Gasteiger partial charge in [-0.1, -0.05) is 13.8 Å². The van der Waals surface area contributed by atoms with Gasteiger partial charge in [-0.3, -0.25) is 4.99 Å². The Kier molecular flexibility index (Phi) is 8.89. The van der Waals surface area contributed by atoms with Crippen LogP contribution in [0.15, 0.2) is 4.99 Å². The monoisotopic (exact) mass is 371 g/mol. The zero-order chi connectivity index (χ0) is 12.7. The molecule has 0 radical (unpaired) electrons. The van der Waals surface area contributed by atoms with Crippen molar-refractivity contribution >= 4 is 29.9 Å². The van der Waals surface area contributed by atoms with Crippen LogP contribution in [0.3, 0.4) is 0 Å². The average Bonchev–Trinajstić information content (AvgIpc) is 2.65. The molecule has 0 unspecified atom stereocenters. The highest BCUT2D eigenvalue weighted by molar-refractivity contribution is 14.0. The Morgan fingerprint density at radius 3 is 2.56 bits per heavy atom. The molecule has 5 nitrogen and oxygen atoms in total. The molecule has 1 rings (SSSR count). The van der Waals surface area contributed by atoms with Crippen LogP contribution < -0.4 is 11.1 Å². The number of guanidine groups is 1. The molecule has 1 saturated heterocycles. The van der Waals surface area contributed by atoms with Gasteiger partial charge in [0.15, 0.2) is 11.7 Å². The quantitative estimate of drug-likeness (QED) is 0.424. The lowest BCUT2D eigenvalue weighted by Gasteiger charge is -2.22. The summed E-state index contributed by atoms with van der Waals surface area (Å²) >= 11 is 0. The largest absolute Gasteiger partial charge is 0.370 e. The molecule has 0 aliphatic carbocycles. The molecule has 0 aromatic heterocycles. The van der Waals surface area contributed by atoms with Crippen LogP contribution in [0.5, 0.6) is 0 Å². The van der Waals surface area contributed by atoms with Crippen molar-refractivity contribution < 1.29 is 9.47 Å². The minimum Gasteiger partial charge on any atom is -0.370 e. The van der Waals surface area contributed by atoms with Crippen molar-refractivity contribution in [2.45, 2.75) is 39.4 Å². The van der Waals surface area contributed by atoms with Crippen LogP contribution >= 0.6 is 24.0 Å². The summed E-state index contributed by atoms with van der Waals surface area (Å²) in [5, 5.41) is 3.08. The number of nitrogens with one attached hydrogen (secondary N) is 1. The molecular weight excluding hydrogens is 345 g/mol. The SMILES string of the molecule is CC(C)CCN=C(N)NCCC1(C)OCCO1.I. The van der Waals surface area contributed by atoms with Gasteiger partial charge in [0.25, 0.3) is 0 Å². The van der Waals surface area contributed by atoms with E-state index in [0.29, 0.717) is 31.6 Å². The molecular formula is C12H26IN3O2. The van der Waals surface area contributed by atoms with Crippen molar-refractivity contribution in [3.05, 3.63) is 0 Å². The molecule has 0 bridgehead atoms. The van der Waals surface area contributed by atoms with Crippen LogP contribution in [-0.4, -0.2) is 38.0 Å². The van der Waals surface area contributed by atoms with Gasteiger partial charge in [0, 0.05) is 19.5 Å². The van der Waals surface area contributed by atoms with Crippen molar-refractivity contribution in [3.63, 3.8) is 0 Å². The molecule has 0 spiro atoms. The van der Waals surface area contributed by atoms with E-state index < -0.39 is 5.79 Å². The van der Waals surface area contributed by atoms with Crippen LogP contribution in [0.4, 0.5) is 0 Å². The lowest BCUT2D eigenvalue weighted by atomic mass is 10.1. The highest BCUT2D eigenvalue weighted by atomic mass is 127. The fourth-order valence-electron chi connectivity index (χ4n) is 1.62. The molecule has 18 heavy (non-hydrogen) atoms. The molecule has 1 aliphatic heterocycles. The maximum absolute atomic E-state index is 5.75. The molecule has 6 heteroatoms. The zero-order valence-electron chi connectivity index (χ0n) is 11.6. The van der Waals surface area contributed by atoms with E-state index in [-0.39, 0.29) is 24.0 Å². The number of nitrogens with zero attached hydrogens (tertiary/aromatic N) is 1. The van der Waals surface area contributed by atoms with E-state index in [9.17, 15) is 0 Å². The van der Waals surface area contributed by atoms with Crippen LogP contribution in [0, 0.1) is 5.92 Å². The fourth-order valence-corrected chi connectivity index (χ4v) is 1.62. The molecule has 1 fully saturated rings. The molecule has 0 aromatic carbocycles. The molecule has 0 amide bonds. The normalized spacial score (nSPS) is 18.8. The number of rotatable bonds is 6. The Morgan fingerprint density at radius 2 is 2.00 bits per heavy atom. The predicted molar refractivity (Wildman–Crippen MR) is 84.3 cm³/mol. The second-order valence-electron chi connectivity index (χ2n) is 4.96. The molecule has 0 saturated carbocycles. The standard InChI is InChI=1S/C12H25N3O2.HI/c1-10(2)4-6-14-11(13)15-7-5-12(3)16-8-9-17-12;/h10H,4-9H2,1-3H3,(H3,13,14,15);1H. The average molecular weight is 371 g/mol. The third-order valence-electron chi connectivity index (χ3n) is 2.77. The number of ether oxygens (including phenoxy) is 2. The fraction of sp³-hybridized carbons (Fsp3) is 0.917. The minimum absolute atomic E-state index is 0. The first-order chi connectivity index (χ1) is 8.02. The van der Waals surface area contributed by atoms with Crippen molar-refractivity contribution in [3.8, 4) is 0 Å². The summed E-state index contributed by atoms with van der Waals surface area (Å²) in [4.78, 5) is 4.25. The van der Waals surface area contributed by atoms with Gasteiger partial charge >= 0.3 is 0 Å². The van der Waals surface area contributed by atoms with Gasteiger partial charge < -0.3 is 20.5 Å². The highest BCUT2D eigenvalue weighted by Crippen LogP contribution is 2.21. The predicted octanol–water partition coefficient (Wildman–Crippen LogP) is 1.71. The summed E-state index contributed by atoms with van der Waals surface area (Å²) in [5.41, 5.74) is 5.75. The van der Waals surface area contributed by atoms with Crippen molar-refractivity contribution in [1.29, 1.82) is 0 Å². The van der Waals surface area contributed by atoms with Crippen molar-refractivity contribution in [2.24, 2.45) is 16.6 Å². The van der Waals surface area contributed by atoms with E-state index in [4.69, 9.17) is 15.2 Å². The number of hydrogen-bond donors (Lipinski definition) is 2. The summed E-state index contributed by atoms with van der Waals surface area (Å²) in [6.07, 6.45) is 1.83. The number of halogens is 1. The second kappa shape index (κ2) is 8.92. The van der Waals surface area contributed by atoms with Crippen LogP contribution in [0.1, 0.15) is 33.6 Å². The maximum Gasteiger partial charge on any atom is 0.188 e. The maximum atomic E-state index is 5.75. The van der Waals surface area contributed by atoms with Crippen molar-refractivity contribution in [1.82, 2.24) is 5.32 Å². The van der Waals surface area contributed by atoms with Gasteiger partial charge in [0.2, 0.25) is 0 Å². The summed E-state index contributed by atoms with van der Waals surface area (Å²) in [7, 11) is 0. The van der Waals surface area contributed by atoms with Gasteiger partial charge in [-0.15, -0.1) is 24.0 Å². The van der Waals surface area contributed by atoms with Crippen molar-refractivity contribution in [2.75, 3.05) is 26.3 Å². The first-order valence-electron chi connectivity index (χ1n) is 6.33. The Balaban J connectivity index is 0.00000289. The Morgan fingerprint density at radius 1 is 1.39 bits per heavy atom. The van der Waals surface area contributed by atoms with Crippen LogP contribution in [0.2, 0.25) is 0 Å². The molecule has 108 valence electrons. The first kappa shape index (κ1) is 17.9. The third kappa shape index (κ3) is 7.38.